The molecule has 2 N–H and O–H groups in total. The molecule has 1 heterocycles. The molecule has 0 bridgehead atoms. The minimum absolute atomic E-state index is 0.0174. The van der Waals surface area contributed by atoms with E-state index in [2.05, 4.69) is 9.97 Å². The number of aromatic nitrogens is 2. The van der Waals surface area contributed by atoms with E-state index in [1.807, 2.05) is 6.92 Å². The number of nitrogens with two attached hydrogens (primary N) is 1. The number of ether oxygens (including phenoxy) is 1. The molecule has 0 amide bonds. The van der Waals surface area contributed by atoms with E-state index in [1.165, 1.54) is 32.1 Å². The molecule has 0 radical (unpaired) electrons. The summed E-state index contributed by atoms with van der Waals surface area (Å²) in [6, 6.07) is 1.72. The Morgan fingerprint density at radius 3 is 2.82 bits per heavy atom. The molecule has 1 aromatic heterocycles. The molecule has 2 rings (SSSR count). The van der Waals surface area contributed by atoms with Crippen LogP contribution in [-0.2, 0) is 4.74 Å². The van der Waals surface area contributed by atoms with Crippen LogP contribution in [0.5, 0.6) is 0 Å². The lowest BCUT2D eigenvalue weighted by molar-refractivity contribution is -0.0000942. The van der Waals surface area contributed by atoms with Crippen molar-refractivity contribution >= 4 is 5.82 Å². The van der Waals surface area contributed by atoms with Crippen LogP contribution in [0.3, 0.4) is 0 Å². The Hall–Kier alpha value is -1.16. The van der Waals surface area contributed by atoms with Gasteiger partial charge in [-0.25, -0.2) is 9.97 Å². The van der Waals surface area contributed by atoms with Gasteiger partial charge in [-0.2, -0.15) is 0 Å². The maximum atomic E-state index is 5.84. The summed E-state index contributed by atoms with van der Waals surface area (Å²) in [4.78, 5) is 8.63. The summed E-state index contributed by atoms with van der Waals surface area (Å²) in [7, 11) is 0. The lowest BCUT2D eigenvalue weighted by Crippen LogP contribution is -2.21. The fraction of sp³-hybridized carbons (Fsp3) is 0.692. The minimum atomic E-state index is 0.0174. The van der Waals surface area contributed by atoms with E-state index in [9.17, 15) is 0 Å². The summed E-state index contributed by atoms with van der Waals surface area (Å²) in [5.41, 5.74) is 5.72. The monoisotopic (exact) mass is 235 g/mol. The summed E-state index contributed by atoms with van der Waals surface area (Å²) in [6.45, 7) is 2.71. The van der Waals surface area contributed by atoms with Crippen LogP contribution in [0.2, 0.25) is 0 Å². The van der Waals surface area contributed by atoms with E-state index in [-0.39, 0.29) is 6.10 Å². The Kier molecular flexibility index (Phi) is 4.31. The third-order valence-electron chi connectivity index (χ3n) is 3.37. The number of nitrogen functional groups attached to an aromatic ring is 1. The highest BCUT2D eigenvalue weighted by atomic mass is 16.5. The van der Waals surface area contributed by atoms with E-state index >= 15 is 0 Å². The predicted octanol–water partition coefficient (Wildman–Crippen LogP) is 2.72. The molecule has 1 aliphatic carbocycles. The first-order valence-corrected chi connectivity index (χ1v) is 6.51. The fourth-order valence-corrected chi connectivity index (χ4v) is 2.56. The van der Waals surface area contributed by atoms with Crippen molar-refractivity contribution in [2.24, 2.45) is 5.92 Å². The predicted molar refractivity (Wildman–Crippen MR) is 67.4 cm³/mol. The van der Waals surface area contributed by atoms with Crippen molar-refractivity contribution in [1.82, 2.24) is 9.97 Å². The largest absolute Gasteiger partial charge is 0.384 e. The van der Waals surface area contributed by atoms with Crippen molar-refractivity contribution in [1.29, 1.82) is 0 Å². The van der Waals surface area contributed by atoms with Gasteiger partial charge < -0.3 is 10.5 Å². The topological polar surface area (TPSA) is 61.0 Å². The van der Waals surface area contributed by atoms with Gasteiger partial charge in [-0.1, -0.05) is 19.3 Å². The van der Waals surface area contributed by atoms with Crippen molar-refractivity contribution in [2.75, 3.05) is 12.3 Å². The molecule has 1 aliphatic rings. The van der Waals surface area contributed by atoms with E-state index in [0.717, 1.165) is 5.82 Å². The van der Waals surface area contributed by atoms with Gasteiger partial charge in [-0.15, -0.1) is 0 Å². The number of anilines is 1. The molecular formula is C13H21N3O. The quantitative estimate of drug-likeness (QED) is 0.871. The van der Waals surface area contributed by atoms with E-state index in [1.54, 1.807) is 12.3 Å². The van der Waals surface area contributed by atoms with Gasteiger partial charge in [0.1, 0.15) is 11.9 Å². The normalized spacial score (nSPS) is 19.1. The van der Waals surface area contributed by atoms with Gasteiger partial charge in [0.05, 0.1) is 0 Å². The highest BCUT2D eigenvalue weighted by molar-refractivity contribution is 5.25. The molecule has 0 spiro atoms. The average Bonchev–Trinajstić information content (AvgIpc) is 2.37. The molecule has 0 saturated heterocycles. The van der Waals surface area contributed by atoms with Crippen molar-refractivity contribution in [3.8, 4) is 0 Å². The van der Waals surface area contributed by atoms with Crippen molar-refractivity contribution in [2.45, 2.75) is 45.1 Å². The van der Waals surface area contributed by atoms with Crippen molar-refractivity contribution in [3.63, 3.8) is 0 Å². The fourth-order valence-electron chi connectivity index (χ4n) is 2.56. The smallest absolute Gasteiger partial charge is 0.159 e. The van der Waals surface area contributed by atoms with Gasteiger partial charge in [0.2, 0.25) is 0 Å². The molecule has 1 aromatic rings. The van der Waals surface area contributed by atoms with E-state index < -0.39 is 0 Å². The van der Waals surface area contributed by atoms with Crippen LogP contribution in [-0.4, -0.2) is 16.6 Å². The van der Waals surface area contributed by atoms with Crippen LogP contribution in [0, 0.1) is 5.92 Å². The molecule has 0 aliphatic heterocycles. The lowest BCUT2D eigenvalue weighted by Gasteiger charge is -2.28. The van der Waals surface area contributed by atoms with E-state index in [4.69, 9.17) is 10.5 Å². The second-order valence-electron chi connectivity index (χ2n) is 4.61. The average molecular weight is 235 g/mol. The van der Waals surface area contributed by atoms with Gasteiger partial charge in [0, 0.05) is 12.8 Å². The summed E-state index contributed by atoms with van der Waals surface area (Å²) in [6.07, 6.45) is 8.07. The molecule has 94 valence electrons. The molecule has 1 saturated carbocycles. The van der Waals surface area contributed by atoms with Crippen LogP contribution in [0.1, 0.15) is 51.0 Å². The molecule has 1 unspecified atom stereocenters. The molecular weight excluding hydrogens is 214 g/mol. The van der Waals surface area contributed by atoms with Crippen LogP contribution >= 0.6 is 0 Å². The molecule has 4 heteroatoms. The molecule has 1 fully saturated rings. The first kappa shape index (κ1) is 12.3. The van der Waals surface area contributed by atoms with Gasteiger partial charge >= 0.3 is 0 Å². The van der Waals surface area contributed by atoms with Crippen molar-refractivity contribution < 1.29 is 4.74 Å². The van der Waals surface area contributed by atoms with Gasteiger partial charge in [0.15, 0.2) is 5.82 Å². The van der Waals surface area contributed by atoms with Crippen molar-refractivity contribution in [3.05, 3.63) is 18.1 Å². The zero-order valence-corrected chi connectivity index (χ0v) is 10.4. The highest BCUT2D eigenvalue weighted by Gasteiger charge is 2.27. The number of nitrogens with zero attached hydrogens (tertiary/aromatic N) is 2. The SMILES string of the molecule is CCOC(c1nccc(N)n1)C1CCCCC1. The molecule has 1 atom stereocenters. The number of hydrogen-bond acceptors (Lipinski definition) is 4. The summed E-state index contributed by atoms with van der Waals surface area (Å²) < 4.78 is 5.84. The number of hydrogen-bond donors (Lipinski definition) is 1. The standard InChI is InChI=1S/C13H21N3O/c1-2-17-12(10-6-4-3-5-7-10)13-15-9-8-11(14)16-13/h8-10,12H,2-7H2,1H3,(H2,14,15,16). The molecule has 17 heavy (non-hydrogen) atoms. The van der Waals surface area contributed by atoms with E-state index in [0.29, 0.717) is 18.3 Å². The lowest BCUT2D eigenvalue weighted by atomic mass is 9.85. The minimum Gasteiger partial charge on any atom is -0.384 e. The third kappa shape index (κ3) is 3.16. The van der Waals surface area contributed by atoms with Crippen LogP contribution in [0.25, 0.3) is 0 Å². The zero-order valence-electron chi connectivity index (χ0n) is 10.4. The Labute approximate surface area is 103 Å². The van der Waals surface area contributed by atoms with Crippen LogP contribution < -0.4 is 5.73 Å². The summed E-state index contributed by atoms with van der Waals surface area (Å²) in [5.74, 6) is 1.82. The van der Waals surface area contributed by atoms with Gasteiger partial charge in [-0.05, 0) is 31.7 Å². The second-order valence-corrected chi connectivity index (χ2v) is 4.61. The highest BCUT2D eigenvalue weighted by Crippen LogP contribution is 2.35. The molecule has 4 nitrogen and oxygen atoms in total. The van der Waals surface area contributed by atoms with Gasteiger partial charge in [0.25, 0.3) is 0 Å². The Bertz CT molecular complexity index is 350. The van der Waals surface area contributed by atoms with Gasteiger partial charge in [-0.3, -0.25) is 0 Å². The summed E-state index contributed by atoms with van der Waals surface area (Å²) >= 11 is 0. The summed E-state index contributed by atoms with van der Waals surface area (Å²) in [5, 5.41) is 0. The molecule has 0 aromatic carbocycles. The first-order chi connectivity index (χ1) is 8.31. The maximum Gasteiger partial charge on any atom is 0.159 e. The number of rotatable bonds is 4. The zero-order chi connectivity index (χ0) is 12.1. The second kappa shape index (κ2) is 5.96. The Morgan fingerprint density at radius 2 is 2.18 bits per heavy atom. The van der Waals surface area contributed by atoms with Crippen LogP contribution in [0.4, 0.5) is 5.82 Å². The third-order valence-corrected chi connectivity index (χ3v) is 3.37. The first-order valence-electron chi connectivity index (χ1n) is 6.51. The van der Waals surface area contributed by atoms with Crippen LogP contribution in [0.15, 0.2) is 12.3 Å². The maximum absolute atomic E-state index is 5.84. The Balaban J connectivity index is 2.15. The Morgan fingerprint density at radius 1 is 1.41 bits per heavy atom.